The lowest BCUT2D eigenvalue weighted by atomic mass is 10.3. The minimum absolute atomic E-state index is 0.0574. The van der Waals surface area contributed by atoms with Crippen molar-refractivity contribution in [3.8, 4) is 17.2 Å². The standard InChI is InChI=1S/C19H16N2O6S/c1-26-18-8-4-5-9-19(18)27-14-10-12-15(13-11-14)28(24,25)20-16-6-2-3-7-17(16)21(22)23/h2-13,20H,1H3. The molecule has 0 amide bonds. The van der Waals surface area contributed by atoms with Crippen molar-refractivity contribution >= 4 is 21.4 Å². The zero-order valence-electron chi connectivity index (χ0n) is 14.7. The Hall–Kier alpha value is -3.59. The normalized spacial score (nSPS) is 10.9. The molecule has 0 spiro atoms. The molecule has 9 heteroatoms. The summed E-state index contributed by atoms with van der Waals surface area (Å²) in [5.41, 5.74) is -0.441. The summed E-state index contributed by atoms with van der Waals surface area (Å²) in [6.45, 7) is 0. The van der Waals surface area contributed by atoms with Crippen LogP contribution >= 0.6 is 0 Å². The first-order chi connectivity index (χ1) is 13.4. The van der Waals surface area contributed by atoms with Gasteiger partial charge in [0.1, 0.15) is 11.4 Å². The first kappa shape index (κ1) is 19.2. The minimum Gasteiger partial charge on any atom is -0.493 e. The summed E-state index contributed by atoms with van der Waals surface area (Å²) in [5, 5.41) is 11.1. The van der Waals surface area contributed by atoms with Gasteiger partial charge in [-0.1, -0.05) is 24.3 Å². The van der Waals surface area contributed by atoms with Gasteiger partial charge in [-0.05, 0) is 42.5 Å². The molecule has 0 aliphatic heterocycles. The Morgan fingerprint density at radius 1 is 0.893 bits per heavy atom. The van der Waals surface area contributed by atoms with Crippen LogP contribution in [0.3, 0.4) is 0 Å². The molecule has 8 nitrogen and oxygen atoms in total. The summed E-state index contributed by atoms with van der Waals surface area (Å²) >= 11 is 0. The number of ether oxygens (including phenoxy) is 2. The van der Waals surface area contributed by atoms with E-state index in [0.29, 0.717) is 17.2 Å². The number of hydrogen-bond acceptors (Lipinski definition) is 6. The number of nitrogens with zero attached hydrogens (tertiary/aromatic N) is 1. The molecule has 3 rings (SSSR count). The van der Waals surface area contributed by atoms with Crippen LogP contribution in [-0.2, 0) is 10.0 Å². The fourth-order valence-corrected chi connectivity index (χ4v) is 3.51. The highest BCUT2D eigenvalue weighted by molar-refractivity contribution is 7.92. The van der Waals surface area contributed by atoms with Gasteiger partial charge in [0, 0.05) is 6.07 Å². The van der Waals surface area contributed by atoms with Crippen molar-refractivity contribution in [1.29, 1.82) is 0 Å². The van der Waals surface area contributed by atoms with Gasteiger partial charge < -0.3 is 9.47 Å². The van der Waals surface area contributed by atoms with Crippen molar-refractivity contribution in [2.24, 2.45) is 0 Å². The van der Waals surface area contributed by atoms with E-state index in [2.05, 4.69) is 4.72 Å². The van der Waals surface area contributed by atoms with Crippen LogP contribution in [0.2, 0.25) is 0 Å². The summed E-state index contributed by atoms with van der Waals surface area (Å²) in [7, 11) is -2.49. The Kier molecular flexibility index (Phi) is 5.46. The number of methoxy groups -OCH3 is 1. The molecule has 0 unspecified atom stereocenters. The third-order valence-corrected chi connectivity index (χ3v) is 5.16. The van der Waals surface area contributed by atoms with Gasteiger partial charge in [-0.25, -0.2) is 8.42 Å². The molecule has 0 fully saturated rings. The molecule has 0 radical (unpaired) electrons. The molecule has 0 bridgehead atoms. The molecule has 3 aromatic rings. The molecule has 0 aromatic heterocycles. The van der Waals surface area contributed by atoms with E-state index in [1.165, 1.54) is 55.6 Å². The van der Waals surface area contributed by atoms with E-state index in [1.807, 2.05) is 0 Å². The van der Waals surface area contributed by atoms with Crippen LogP contribution in [0.1, 0.15) is 0 Å². The molecule has 0 atom stereocenters. The fourth-order valence-electron chi connectivity index (χ4n) is 2.44. The fraction of sp³-hybridized carbons (Fsp3) is 0.0526. The van der Waals surface area contributed by atoms with Crippen LogP contribution in [0.15, 0.2) is 77.7 Å². The minimum atomic E-state index is -4.01. The molecule has 0 heterocycles. The predicted molar refractivity (Wildman–Crippen MR) is 103 cm³/mol. The van der Waals surface area contributed by atoms with E-state index in [1.54, 1.807) is 24.3 Å². The van der Waals surface area contributed by atoms with E-state index in [0.717, 1.165) is 0 Å². The Morgan fingerprint density at radius 3 is 2.14 bits per heavy atom. The van der Waals surface area contributed by atoms with Crippen LogP contribution in [0, 0.1) is 10.1 Å². The molecule has 0 saturated carbocycles. The van der Waals surface area contributed by atoms with Crippen LogP contribution in [0.25, 0.3) is 0 Å². The molecule has 0 aliphatic rings. The van der Waals surface area contributed by atoms with Crippen molar-refractivity contribution in [3.05, 3.63) is 82.9 Å². The second-order valence-electron chi connectivity index (χ2n) is 5.60. The number of benzene rings is 3. The highest BCUT2D eigenvalue weighted by Gasteiger charge is 2.20. The van der Waals surface area contributed by atoms with Gasteiger partial charge >= 0.3 is 0 Å². The average Bonchev–Trinajstić information content (AvgIpc) is 2.69. The zero-order valence-corrected chi connectivity index (χ0v) is 15.5. The number of para-hydroxylation sites is 4. The lowest BCUT2D eigenvalue weighted by Gasteiger charge is -2.11. The lowest BCUT2D eigenvalue weighted by Crippen LogP contribution is -2.13. The average molecular weight is 400 g/mol. The van der Waals surface area contributed by atoms with Crippen molar-refractivity contribution < 1.29 is 22.8 Å². The van der Waals surface area contributed by atoms with Crippen LogP contribution in [-0.4, -0.2) is 20.5 Å². The smallest absolute Gasteiger partial charge is 0.293 e. The summed E-state index contributed by atoms with van der Waals surface area (Å²) in [4.78, 5) is 10.4. The monoisotopic (exact) mass is 400 g/mol. The SMILES string of the molecule is COc1ccccc1Oc1ccc(S(=O)(=O)Nc2ccccc2[N+](=O)[O-])cc1. The van der Waals surface area contributed by atoms with Gasteiger partial charge in [0.2, 0.25) is 0 Å². The maximum absolute atomic E-state index is 12.6. The molecule has 0 saturated heterocycles. The molecule has 3 aromatic carbocycles. The van der Waals surface area contributed by atoms with Crippen molar-refractivity contribution in [3.63, 3.8) is 0 Å². The molecule has 0 aliphatic carbocycles. The Bertz CT molecular complexity index is 1100. The van der Waals surface area contributed by atoms with Crippen molar-refractivity contribution in [2.45, 2.75) is 4.90 Å². The third-order valence-electron chi connectivity index (χ3n) is 3.78. The Morgan fingerprint density at radius 2 is 1.50 bits per heavy atom. The van der Waals surface area contributed by atoms with Gasteiger partial charge in [-0.2, -0.15) is 0 Å². The first-order valence-corrected chi connectivity index (χ1v) is 9.56. The van der Waals surface area contributed by atoms with Crippen LogP contribution < -0.4 is 14.2 Å². The molecule has 28 heavy (non-hydrogen) atoms. The topological polar surface area (TPSA) is 108 Å². The maximum Gasteiger partial charge on any atom is 0.293 e. The van der Waals surface area contributed by atoms with Gasteiger partial charge in [0.05, 0.1) is 16.9 Å². The predicted octanol–water partition coefficient (Wildman–Crippen LogP) is 4.20. The molecule has 1 N–H and O–H groups in total. The number of sulfonamides is 1. The highest BCUT2D eigenvalue weighted by Crippen LogP contribution is 2.32. The lowest BCUT2D eigenvalue weighted by molar-refractivity contribution is -0.383. The summed E-state index contributed by atoms with van der Waals surface area (Å²) < 4.78 is 38.3. The van der Waals surface area contributed by atoms with Gasteiger partial charge in [-0.15, -0.1) is 0 Å². The largest absolute Gasteiger partial charge is 0.493 e. The van der Waals surface area contributed by atoms with E-state index in [9.17, 15) is 18.5 Å². The maximum atomic E-state index is 12.6. The van der Waals surface area contributed by atoms with E-state index in [4.69, 9.17) is 9.47 Å². The number of nitro benzene ring substituents is 1. The zero-order chi connectivity index (χ0) is 20.1. The molecular formula is C19H16N2O6S. The number of rotatable bonds is 7. The van der Waals surface area contributed by atoms with Gasteiger partial charge in [0.25, 0.3) is 15.7 Å². The molecule has 144 valence electrons. The van der Waals surface area contributed by atoms with E-state index < -0.39 is 14.9 Å². The second kappa shape index (κ2) is 7.97. The van der Waals surface area contributed by atoms with Crippen molar-refractivity contribution in [2.75, 3.05) is 11.8 Å². The summed E-state index contributed by atoms with van der Waals surface area (Å²) in [6, 6.07) is 18.2. The number of anilines is 1. The number of nitro groups is 1. The first-order valence-electron chi connectivity index (χ1n) is 8.08. The quantitative estimate of drug-likeness (QED) is 0.470. The van der Waals surface area contributed by atoms with Gasteiger partial charge in [0.15, 0.2) is 11.5 Å². The van der Waals surface area contributed by atoms with E-state index in [-0.39, 0.29) is 16.3 Å². The van der Waals surface area contributed by atoms with Crippen molar-refractivity contribution in [1.82, 2.24) is 0 Å². The molecular weight excluding hydrogens is 384 g/mol. The summed E-state index contributed by atoms with van der Waals surface area (Å²) in [5.74, 6) is 1.44. The number of nitrogens with one attached hydrogen (secondary N) is 1. The third kappa shape index (κ3) is 4.21. The Labute approximate surface area is 161 Å². The second-order valence-corrected chi connectivity index (χ2v) is 7.29. The summed E-state index contributed by atoms with van der Waals surface area (Å²) in [6.07, 6.45) is 0. The van der Waals surface area contributed by atoms with Gasteiger partial charge in [-0.3, -0.25) is 14.8 Å². The van der Waals surface area contributed by atoms with Crippen LogP contribution in [0.4, 0.5) is 11.4 Å². The van der Waals surface area contributed by atoms with Crippen LogP contribution in [0.5, 0.6) is 17.2 Å². The highest BCUT2D eigenvalue weighted by atomic mass is 32.2. The van der Waals surface area contributed by atoms with E-state index >= 15 is 0 Å². The Balaban J connectivity index is 1.82. The number of hydrogen-bond donors (Lipinski definition) is 1.